The van der Waals surface area contributed by atoms with Gasteiger partial charge in [-0.25, -0.2) is 18.9 Å². The number of hydrogen-bond donors (Lipinski definition) is 3. The van der Waals surface area contributed by atoms with Gasteiger partial charge in [0.25, 0.3) is 0 Å². The van der Waals surface area contributed by atoms with Crippen molar-refractivity contribution in [2.75, 3.05) is 11.9 Å². The molecule has 2 aromatic rings. The fraction of sp³-hybridized carbons (Fsp3) is 0.500. The van der Waals surface area contributed by atoms with E-state index < -0.39 is 46.4 Å². The Morgan fingerprint density at radius 2 is 2.09 bits per heavy atom. The van der Waals surface area contributed by atoms with Crippen LogP contribution in [0, 0.1) is 5.92 Å². The Balaban J connectivity index is 1.53. The molecule has 3 heterocycles. The van der Waals surface area contributed by atoms with Gasteiger partial charge < -0.3 is 24.7 Å². The van der Waals surface area contributed by atoms with E-state index in [1.165, 1.54) is 24.8 Å². The lowest BCUT2D eigenvalue weighted by Crippen LogP contribution is -2.35. The van der Waals surface area contributed by atoms with Crippen LogP contribution in [0.25, 0.3) is 0 Å². The van der Waals surface area contributed by atoms with Gasteiger partial charge in [-0.1, -0.05) is 0 Å². The van der Waals surface area contributed by atoms with E-state index in [0.717, 1.165) is 0 Å². The molecule has 14 nitrogen and oxygen atoms in total. The van der Waals surface area contributed by atoms with Gasteiger partial charge >= 0.3 is 16.5 Å². The smallest absolute Gasteiger partial charge is 0.364 e. The summed E-state index contributed by atoms with van der Waals surface area (Å²) in [6, 6.07) is 1.12. The molecule has 178 valence electrons. The number of carbonyl (C=O) groups excluding carboxylic acids is 2. The van der Waals surface area contributed by atoms with Gasteiger partial charge in [0.05, 0.1) is 24.3 Å². The standard InChI is InChI=1S/C18H22N6O8S/c1-18(2)30-14-9(7-29-33(27,28)32-17(19)26)5-12(15(14)31-18)23-16-10(6-20-8-21-16)13(25)11-3-4-22-24-11/h3-4,6,8-9,12,14-15H,5,7H2,1-2H3,(H2,19,26)(H,22,24)(H,20,21,23)/t9-,12-,14-,15+/m1/s1. The molecular formula is C18H22N6O8S. The Labute approximate surface area is 188 Å². The van der Waals surface area contributed by atoms with Gasteiger partial charge in [-0.15, -0.1) is 0 Å². The van der Waals surface area contributed by atoms with Gasteiger partial charge in [-0.05, 0) is 26.3 Å². The largest absolute Gasteiger partial charge is 0.452 e. The topological polar surface area (TPSA) is 198 Å². The second kappa shape index (κ2) is 8.66. The monoisotopic (exact) mass is 482 g/mol. The van der Waals surface area contributed by atoms with Gasteiger partial charge in [0.15, 0.2) is 5.79 Å². The summed E-state index contributed by atoms with van der Waals surface area (Å²) in [5, 5.41) is 9.68. The summed E-state index contributed by atoms with van der Waals surface area (Å²) in [6.45, 7) is 3.12. The number of amides is 1. The molecule has 1 aliphatic heterocycles. The predicted octanol–water partition coefficient (Wildman–Crippen LogP) is 0.108. The molecule has 0 spiro atoms. The summed E-state index contributed by atoms with van der Waals surface area (Å²) in [5.41, 5.74) is 5.15. The lowest BCUT2D eigenvalue weighted by atomic mass is 10.1. The predicted molar refractivity (Wildman–Crippen MR) is 109 cm³/mol. The Morgan fingerprint density at radius 1 is 1.33 bits per heavy atom. The molecule has 4 N–H and O–H groups in total. The number of carbonyl (C=O) groups is 2. The fourth-order valence-electron chi connectivity index (χ4n) is 4.00. The zero-order valence-corrected chi connectivity index (χ0v) is 18.4. The van der Waals surface area contributed by atoms with Crippen molar-refractivity contribution in [2.45, 2.75) is 44.3 Å². The van der Waals surface area contributed by atoms with Crippen molar-refractivity contribution in [1.82, 2.24) is 20.2 Å². The van der Waals surface area contributed by atoms with Crippen LogP contribution in [0.1, 0.15) is 36.3 Å². The molecule has 1 aliphatic carbocycles. The van der Waals surface area contributed by atoms with Crippen molar-refractivity contribution in [1.29, 1.82) is 0 Å². The summed E-state index contributed by atoms with van der Waals surface area (Å²) in [6.07, 6.45) is 2.00. The minimum Gasteiger partial charge on any atom is -0.364 e. The van der Waals surface area contributed by atoms with Crippen molar-refractivity contribution < 1.29 is 35.8 Å². The summed E-state index contributed by atoms with van der Waals surface area (Å²) in [7, 11) is -4.61. The van der Waals surface area contributed by atoms with Crippen LogP contribution in [0.15, 0.2) is 24.8 Å². The Bertz CT molecular complexity index is 1140. The first-order chi connectivity index (χ1) is 15.5. The van der Waals surface area contributed by atoms with Gasteiger partial charge in [0.1, 0.15) is 23.9 Å². The second-order valence-electron chi connectivity index (χ2n) is 7.98. The molecule has 1 saturated carbocycles. The zero-order valence-electron chi connectivity index (χ0n) is 17.6. The molecule has 2 fully saturated rings. The number of ether oxygens (including phenoxy) is 2. The van der Waals surface area contributed by atoms with Crippen molar-refractivity contribution in [2.24, 2.45) is 11.7 Å². The molecule has 2 aromatic heterocycles. The maximum absolute atomic E-state index is 12.8. The third-order valence-corrected chi connectivity index (χ3v) is 6.00. The Morgan fingerprint density at radius 3 is 2.79 bits per heavy atom. The van der Waals surface area contributed by atoms with Crippen LogP contribution in [0.2, 0.25) is 0 Å². The van der Waals surface area contributed by atoms with Crippen LogP contribution in [0.3, 0.4) is 0 Å². The van der Waals surface area contributed by atoms with Crippen molar-refractivity contribution in [3.63, 3.8) is 0 Å². The molecular weight excluding hydrogens is 460 g/mol. The van der Waals surface area contributed by atoms with Gasteiger partial charge in [0, 0.05) is 18.3 Å². The molecule has 4 rings (SSSR count). The van der Waals surface area contributed by atoms with Crippen LogP contribution in [-0.4, -0.2) is 71.1 Å². The highest BCUT2D eigenvalue weighted by Crippen LogP contribution is 2.43. The highest BCUT2D eigenvalue weighted by Gasteiger charge is 2.54. The normalized spacial score (nSPS) is 26.0. The number of anilines is 1. The molecule has 0 aromatic carbocycles. The Kier molecular flexibility index (Phi) is 6.04. The molecule has 0 radical (unpaired) electrons. The third-order valence-electron chi connectivity index (χ3n) is 5.20. The molecule has 15 heteroatoms. The van der Waals surface area contributed by atoms with Crippen molar-refractivity contribution in [3.05, 3.63) is 36.0 Å². The lowest BCUT2D eigenvalue weighted by Gasteiger charge is -2.24. The van der Waals surface area contributed by atoms with Crippen LogP contribution >= 0.6 is 0 Å². The van der Waals surface area contributed by atoms with E-state index >= 15 is 0 Å². The van der Waals surface area contributed by atoms with E-state index in [9.17, 15) is 18.0 Å². The lowest BCUT2D eigenvalue weighted by molar-refractivity contribution is -0.158. The number of H-pyrrole nitrogens is 1. The maximum Gasteiger partial charge on any atom is 0.452 e. The van der Waals surface area contributed by atoms with Crippen LogP contribution in [0.4, 0.5) is 10.6 Å². The molecule has 33 heavy (non-hydrogen) atoms. The average molecular weight is 482 g/mol. The molecule has 0 bridgehead atoms. The van der Waals surface area contributed by atoms with E-state index in [1.807, 2.05) is 0 Å². The second-order valence-corrected chi connectivity index (χ2v) is 9.20. The molecule has 0 unspecified atom stereocenters. The number of primary amides is 1. The van der Waals surface area contributed by atoms with Gasteiger partial charge in [-0.2, -0.15) is 13.5 Å². The highest BCUT2D eigenvalue weighted by atomic mass is 32.3. The van der Waals surface area contributed by atoms with E-state index in [-0.39, 0.29) is 29.5 Å². The minimum atomic E-state index is -4.61. The van der Waals surface area contributed by atoms with Crippen molar-refractivity contribution in [3.8, 4) is 0 Å². The van der Waals surface area contributed by atoms with E-state index in [2.05, 4.69) is 29.7 Å². The molecule has 2 aliphatic rings. The van der Waals surface area contributed by atoms with Gasteiger partial charge in [-0.3, -0.25) is 9.89 Å². The van der Waals surface area contributed by atoms with Crippen LogP contribution < -0.4 is 11.1 Å². The summed E-state index contributed by atoms with van der Waals surface area (Å²) in [5.74, 6) is -1.50. The number of aromatic nitrogens is 4. The first-order valence-corrected chi connectivity index (χ1v) is 11.2. The maximum atomic E-state index is 12.8. The average Bonchev–Trinajstić information content (AvgIpc) is 3.42. The molecule has 1 saturated heterocycles. The third kappa shape index (κ3) is 5.11. The quantitative estimate of drug-likeness (QED) is 0.430. The van der Waals surface area contributed by atoms with Crippen molar-refractivity contribution >= 4 is 28.1 Å². The summed E-state index contributed by atoms with van der Waals surface area (Å²) in [4.78, 5) is 31.7. The summed E-state index contributed by atoms with van der Waals surface area (Å²) < 4.78 is 44.2. The number of nitrogens with zero attached hydrogens (tertiary/aromatic N) is 3. The first-order valence-electron chi connectivity index (χ1n) is 9.89. The number of aromatic amines is 1. The van der Waals surface area contributed by atoms with Crippen LogP contribution in [0.5, 0.6) is 0 Å². The molecule has 1 amide bonds. The summed E-state index contributed by atoms with van der Waals surface area (Å²) >= 11 is 0. The first kappa shape index (κ1) is 23.0. The van der Waals surface area contributed by atoms with E-state index in [0.29, 0.717) is 6.42 Å². The van der Waals surface area contributed by atoms with E-state index in [1.54, 1.807) is 13.8 Å². The number of nitrogens with one attached hydrogen (secondary N) is 2. The number of fused-ring (bicyclic) bond motifs is 1. The number of rotatable bonds is 8. The van der Waals surface area contributed by atoms with E-state index in [4.69, 9.17) is 19.4 Å². The van der Waals surface area contributed by atoms with Gasteiger partial charge in [0.2, 0.25) is 5.78 Å². The fourth-order valence-corrected chi connectivity index (χ4v) is 4.59. The minimum absolute atomic E-state index is 0.199. The number of ketones is 1. The zero-order chi connectivity index (χ0) is 23.8. The Hall–Kier alpha value is -3.14. The van der Waals surface area contributed by atoms with Crippen LogP contribution in [-0.2, 0) is 28.2 Å². The number of hydrogen-bond acceptors (Lipinski definition) is 12. The highest BCUT2D eigenvalue weighted by molar-refractivity contribution is 7.82. The molecule has 4 atom stereocenters. The SMILES string of the molecule is CC1(C)O[C@@H]2[C@@H](COS(=O)(=O)OC(N)=O)C[C@@H](Nc3ncncc3C(=O)c3cc[nH]n3)[C@@H]2O1. The number of nitrogens with two attached hydrogens (primary N) is 1.